The highest BCUT2D eigenvalue weighted by molar-refractivity contribution is 5.93. The summed E-state index contributed by atoms with van der Waals surface area (Å²) in [5.41, 5.74) is 2.24. The van der Waals surface area contributed by atoms with Crippen LogP contribution in [-0.2, 0) is 7.05 Å². The van der Waals surface area contributed by atoms with Gasteiger partial charge in [-0.15, -0.1) is 24.8 Å². The van der Waals surface area contributed by atoms with Crippen LogP contribution in [0.3, 0.4) is 0 Å². The number of fused-ring (bicyclic) bond motifs is 1. The first-order valence-electron chi connectivity index (χ1n) is 6.34. The number of aromatic nitrogens is 4. The molecule has 114 valence electrons. The van der Waals surface area contributed by atoms with Gasteiger partial charge in [0.15, 0.2) is 5.82 Å². The molecule has 0 saturated heterocycles. The largest absolute Gasteiger partial charge is 0.351 e. The third-order valence-corrected chi connectivity index (χ3v) is 3.51. The normalized spacial score (nSPS) is 11.8. The fraction of sp³-hybridized carbons (Fsp3) is 0.286. The Balaban J connectivity index is 0.00000110. The molecule has 3 aromatic rings. The van der Waals surface area contributed by atoms with Crippen molar-refractivity contribution in [2.24, 2.45) is 7.05 Å². The van der Waals surface area contributed by atoms with Gasteiger partial charge in [0.2, 0.25) is 0 Å². The summed E-state index contributed by atoms with van der Waals surface area (Å²) in [5.74, 6) is 1.60. The first-order valence-corrected chi connectivity index (χ1v) is 6.34. The maximum atomic E-state index is 4.57. The highest BCUT2D eigenvalue weighted by Gasteiger charge is 2.13. The van der Waals surface area contributed by atoms with Crippen LogP contribution in [0, 0.1) is 0 Å². The van der Waals surface area contributed by atoms with E-state index in [9.17, 15) is 0 Å². The predicted octanol–water partition coefficient (Wildman–Crippen LogP) is 3.09. The van der Waals surface area contributed by atoms with E-state index >= 15 is 0 Å². The third kappa shape index (κ3) is 3.05. The average Bonchev–Trinajstić information content (AvgIpc) is 3.05. The zero-order valence-corrected chi connectivity index (χ0v) is 13.8. The van der Waals surface area contributed by atoms with Crippen LogP contribution in [0.5, 0.6) is 0 Å². The number of hydrogen-bond donors (Lipinski definition) is 2. The lowest BCUT2D eigenvalue weighted by Crippen LogP contribution is -2.13. The molecule has 0 aliphatic rings. The fourth-order valence-electron chi connectivity index (χ4n) is 2.22. The molecule has 3 rings (SSSR count). The number of aromatic amines is 1. The first-order chi connectivity index (χ1) is 9.20. The SMILES string of the molecule is CN[C@@H](C)c1nc(-c2cccc3c2ccn3C)n[nH]1.Cl.Cl. The van der Waals surface area contributed by atoms with E-state index in [0.29, 0.717) is 0 Å². The lowest BCUT2D eigenvalue weighted by molar-refractivity contribution is 0.613. The molecule has 2 heterocycles. The van der Waals surface area contributed by atoms with Crippen molar-refractivity contribution < 1.29 is 0 Å². The molecule has 7 heteroatoms. The molecule has 5 nitrogen and oxygen atoms in total. The third-order valence-electron chi connectivity index (χ3n) is 3.51. The number of H-pyrrole nitrogens is 1. The number of benzene rings is 1. The average molecular weight is 328 g/mol. The Kier molecular flexibility index (Phi) is 5.78. The minimum absolute atomic E-state index is 0. The Morgan fingerprint density at radius 1 is 1.24 bits per heavy atom. The molecule has 0 amide bonds. The van der Waals surface area contributed by atoms with Crippen molar-refractivity contribution in [2.75, 3.05) is 7.05 Å². The number of hydrogen-bond acceptors (Lipinski definition) is 3. The van der Waals surface area contributed by atoms with Gasteiger partial charge < -0.3 is 9.88 Å². The second-order valence-corrected chi connectivity index (χ2v) is 4.72. The van der Waals surface area contributed by atoms with E-state index in [1.807, 2.05) is 27.1 Å². The minimum Gasteiger partial charge on any atom is -0.351 e. The number of aryl methyl sites for hydroxylation is 1. The van der Waals surface area contributed by atoms with Crippen LogP contribution in [0.4, 0.5) is 0 Å². The summed E-state index contributed by atoms with van der Waals surface area (Å²) >= 11 is 0. The van der Waals surface area contributed by atoms with E-state index in [1.165, 1.54) is 10.9 Å². The Bertz CT molecular complexity index is 719. The van der Waals surface area contributed by atoms with Gasteiger partial charge in [-0.05, 0) is 26.1 Å². The quantitative estimate of drug-likeness (QED) is 0.777. The maximum absolute atomic E-state index is 4.57. The maximum Gasteiger partial charge on any atom is 0.181 e. The van der Waals surface area contributed by atoms with E-state index in [4.69, 9.17) is 0 Å². The van der Waals surface area contributed by atoms with E-state index in [2.05, 4.69) is 49.5 Å². The summed E-state index contributed by atoms with van der Waals surface area (Å²) in [4.78, 5) is 4.57. The molecule has 0 bridgehead atoms. The Hall–Kier alpha value is -1.56. The summed E-state index contributed by atoms with van der Waals surface area (Å²) in [6.45, 7) is 2.05. The molecule has 0 spiro atoms. The minimum atomic E-state index is 0. The van der Waals surface area contributed by atoms with Gasteiger partial charge >= 0.3 is 0 Å². The highest BCUT2D eigenvalue weighted by atomic mass is 35.5. The number of nitrogens with one attached hydrogen (secondary N) is 2. The van der Waals surface area contributed by atoms with E-state index < -0.39 is 0 Å². The standard InChI is InChI=1S/C14H17N5.2ClH/c1-9(15-2)13-16-14(18-17-13)11-5-4-6-12-10(11)7-8-19(12)3;;/h4-9,15H,1-3H3,(H,16,17,18);2*1H/t9-;;/m0../s1. The second kappa shape index (κ2) is 6.93. The van der Waals surface area contributed by atoms with Crippen molar-refractivity contribution in [1.29, 1.82) is 0 Å². The Labute approximate surface area is 136 Å². The van der Waals surface area contributed by atoms with Gasteiger partial charge in [0.05, 0.1) is 6.04 Å². The molecule has 2 N–H and O–H groups in total. The smallest absolute Gasteiger partial charge is 0.181 e. The molecule has 0 aliphatic heterocycles. The van der Waals surface area contributed by atoms with Gasteiger partial charge in [-0.25, -0.2) is 4.98 Å². The van der Waals surface area contributed by atoms with Gasteiger partial charge in [-0.2, -0.15) is 5.10 Å². The topological polar surface area (TPSA) is 58.5 Å². The monoisotopic (exact) mass is 327 g/mol. The van der Waals surface area contributed by atoms with Crippen LogP contribution in [0.25, 0.3) is 22.3 Å². The van der Waals surface area contributed by atoms with Gasteiger partial charge in [-0.3, -0.25) is 5.10 Å². The molecule has 0 fully saturated rings. The summed E-state index contributed by atoms with van der Waals surface area (Å²) in [7, 11) is 3.95. The zero-order chi connectivity index (χ0) is 13.4. The second-order valence-electron chi connectivity index (χ2n) is 4.72. The molecule has 0 aliphatic carbocycles. The molecule has 21 heavy (non-hydrogen) atoms. The van der Waals surface area contributed by atoms with Crippen molar-refractivity contribution >= 4 is 35.7 Å². The van der Waals surface area contributed by atoms with Crippen molar-refractivity contribution in [2.45, 2.75) is 13.0 Å². The number of nitrogens with zero attached hydrogens (tertiary/aromatic N) is 3. The van der Waals surface area contributed by atoms with Crippen LogP contribution in [0.1, 0.15) is 18.8 Å². The van der Waals surface area contributed by atoms with Crippen molar-refractivity contribution in [3.63, 3.8) is 0 Å². The van der Waals surface area contributed by atoms with E-state index in [1.54, 1.807) is 0 Å². The zero-order valence-electron chi connectivity index (χ0n) is 12.1. The first kappa shape index (κ1) is 17.5. The molecular formula is C14H19Cl2N5. The van der Waals surface area contributed by atoms with Crippen LogP contribution in [0.2, 0.25) is 0 Å². The molecule has 0 radical (unpaired) electrons. The van der Waals surface area contributed by atoms with Crippen molar-refractivity contribution in [3.05, 3.63) is 36.3 Å². The Morgan fingerprint density at radius 3 is 2.71 bits per heavy atom. The highest BCUT2D eigenvalue weighted by Crippen LogP contribution is 2.27. The van der Waals surface area contributed by atoms with Crippen LogP contribution >= 0.6 is 24.8 Å². The summed E-state index contributed by atoms with van der Waals surface area (Å²) < 4.78 is 2.10. The molecule has 2 aromatic heterocycles. The summed E-state index contributed by atoms with van der Waals surface area (Å²) in [5, 5.41) is 11.6. The van der Waals surface area contributed by atoms with Gasteiger partial charge in [0, 0.05) is 29.7 Å². The number of rotatable bonds is 3. The van der Waals surface area contributed by atoms with Gasteiger partial charge in [0.25, 0.3) is 0 Å². The Morgan fingerprint density at radius 2 is 2.00 bits per heavy atom. The lowest BCUT2D eigenvalue weighted by Gasteiger charge is -2.04. The lowest BCUT2D eigenvalue weighted by atomic mass is 10.1. The fourth-order valence-corrected chi connectivity index (χ4v) is 2.22. The molecule has 1 atom stereocenters. The molecule has 1 aromatic carbocycles. The van der Waals surface area contributed by atoms with E-state index in [-0.39, 0.29) is 30.9 Å². The van der Waals surface area contributed by atoms with Crippen LogP contribution < -0.4 is 5.32 Å². The number of halogens is 2. The van der Waals surface area contributed by atoms with Gasteiger partial charge in [-0.1, -0.05) is 12.1 Å². The van der Waals surface area contributed by atoms with Crippen LogP contribution in [0.15, 0.2) is 30.5 Å². The predicted molar refractivity (Wildman–Crippen MR) is 90.3 cm³/mol. The molecular weight excluding hydrogens is 309 g/mol. The van der Waals surface area contributed by atoms with Gasteiger partial charge in [0.1, 0.15) is 5.82 Å². The summed E-state index contributed by atoms with van der Waals surface area (Å²) in [6.07, 6.45) is 2.05. The molecule has 0 saturated carbocycles. The molecule has 0 unspecified atom stereocenters. The van der Waals surface area contributed by atoms with Crippen LogP contribution in [-0.4, -0.2) is 26.8 Å². The van der Waals surface area contributed by atoms with E-state index in [0.717, 1.165) is 17.2 Å². The van der Waals surface area contributed by atoms with Crippen molar-refractivity contribution in [3.8, 4) is 11.4 Å². The summed E-state index contributed by atoms with van der Waals surface area (Å²) in [6, 6.07) is 8.45. The van der Waals surface area contributed by atoms with Crippen molar-refractivity contribution in [1.82, 2.24) is 25.1 Å².